The van der Waals surface area contributed by atoms with Gasteiger partial charge in [0.25, 0.3) is 0 Å². The molecule has 0 aromatic heterocycles. The van der Waals surface area contributed by atoms with Crippen LogP contribution in [-0.4, -0.2) is 183 Å². The quantitative estimate of drug-likeness (QED) is 0.0117. The number of carbonyl (C=O) groups excluding carboxylic acids is 8. The molecule has 0 N–H and O–H groups in total. The van der Waals surface area contributed by atoms with E-state index in [0.29, 0.717) is 69.2 Å². The van der Waals surface area contributed by atoms with E-state index >= 15 is 0 Å². The fraction of sp³-hybridized carbons (Fsp3) is 0.494. The molecule has 0 aliphatic heterocycles. The van der Waals surface area contributed by atoms with Gasteiger partial charge in [-0.2, -0.15) is 0 Å². The lowest BCUT2D eigenvalue weighted by atomic mass is 9.94. The highest BCUT2D eigenvalue weighted by Gasteiger charge is 2.09. The van der Waals surface area contributed by atoms with Gasteiger partial charge in [-0.25, -0.2) is 0 Å². The number of carbonyl (C=O) groups is 8. The molecule has 18 heteroatoms. The molecule has 18 nitrogen and oxygen atoms in total. The smallest absolute Gasteiger partial charge is 0.202 e. The molecule has 1 aromatic rings. The summed E-state index contributed by atoms with van der Waals surface area (Å²) in [5.74, 6) is 15.1. The van der Waals surface area contributed by atoms with E-state index in [1.807, 2.05) is 36.5 Å². The molecule has 2 atom stereocenters. The van der Waals surface area contributed by atoms with Crippen molar-refractivity contribution in [3.05, 3.63) is 156 Å². The number of allylic oxidation sites excluding steroid dienone is 12. The zero-order chi connectivity index (χ0) is 75.7. The molecule has 0 bridgehead atoms. The molecule has 0 fully saturated rings. The van der Waals surface area contributed by atoms with Crippen LogP contribution in [0.2, 0.25) is 0 Å². The van der Waals surface area contributed by atoms with Crippen LogP contribution >= 0.6 is 0 Å². The molecule has 2 unspecified atom stereocenters. The minimum atomic E-state index is -0.278. The van der Waals surface area contributed by atoms with E-state index in [9.17, 15) is 38.4 Å². The molecule has 0 heterocycles. The zero-order valence-electron chi connectivity index (χ0n) is 62.7. The van der Waals surface area contributed by atoms with Crippen molar-refractivity contribution in [3.8, 4) is 35.5 Å². The van der Waals surface area contributed by atoms with E-state index in [0.717, 1.165) is 58.3 Å². The van der Waals surface area contributed by atoms with Gasteiger partial charge < -0.3 is 47.4 Å². The van der Waals surface area contributed by atoms with Crippen LogP contribution in [-0.2, 0) is 76.1 Å². The van der Waals surface area contributed by atoms with E-state index in [1.165, 1.54) is 96.4 Å². The summed E-state index contributed by atoms with van der Waals surface area (Å²) in [4.78, 5) is 82.2. The van der Waals surface area contributed by atoms with E-state index in [1.54, 1.807) is 95.4 Å². The lowest BCUT2D eigenvalue weighted by Crippen LogP contribution is -2.09. The number of Topliss-reactive ketones (excluding diaryl/α,β-unsaturated/α-hetero) is 4. The van der Waals surface area contributed by atoms with Gasteiger partial charge in [0.1, 0.15) is 26.4 Å². The van der Waals surface area contributed by atoms with Gasteiger partial charge in [-0.3, -0.25) is 38.4 Å². The summed E-state index contributed by atoms with van der Waals surface area (Å²) in [7, 11) is 16.7. The molecule has 1 aromatic carbocycles. The molecule has 0 radical (unpaired) electrons. The molecular weight excluding hydrogens is 1240 g/mol. The number of benzene rings is 1. The lowest BCUT2D eigenvalue weighted by Gasteiger charge is -2.16. The number of ether oxygens (including phenoxy) is 10. The normalized spacial score (nSPS) is 10.9. The highest BCUT2D eigenvalue weighted by molar-refractivity contribution is 6.02. The third-order valence-corrected chi connectivity index (χ3v) is 10.6. The van der Waals surface area contributed by atoms with Crippen molar-refractivity contribution in [2.75, 3.05) is 137 Å². The summed E-state index contributed by atoms with van der Waals surface area (Å²) in [5, 5.41) is 0. The molecule has 544 valence electrons. The van der Waals surface area contributed by atoms with Crippen LogP contribution in [0.1, 0.15) is 135 Å². The molecule has 0 aliphatic rings. The maximum absolute atomic E-state index is 10.8. The molecule has 0 aliphatic carbocycles. The number of hydrogen-bond donors (Lipinski definition) is 0. The van der Waals surface area contributed by atoms with Gasteiger partial charge in [-0.1, -0.05) is 138 Å². The molecular formula is C79H120O18. The van der Waals surface area contributed by atoms with Crippen molar-refractivity contribution >= 4 is 46.3 Å². The standard InChI is InChI=1S/C17H30O2.C14H24O2.C10H10O2.C8H14O2.2C6H10O2.2C6H8O2.C6H6O2/c1-14(2)17(13-19-6)11-15(3)9-7-8-10-16(4)12-18-5;1-4-14(13-16-3)11-9-7-5-6-8-10-12-15-2;1-7(11)9-3-5-10(6-4-9)8(2)12;1-9-7-5-3-4-6-8-10-2;2*1-7-5-3-4-6-8-2;3*1-5(7)3-4-6(2)8/h9-10,17H,1,7-8,11-13H2,2-6H3;4,7-10,14H,1,5-6,11-13H2,2-3H3;3-6H,1-2H3;3-6H,7-8H2,1-2H3;2*5-6H2,1-2H3;2*3-4H,1-2H3;1-2H3/b15-9-,16-10+;9-7-,10-8+;;5-3+,6-4+;;;4-3+;4-3-;. The van der Waals surface area contributed by atoms with Crippen LogP contribution < -0.4 is 0 Å². The third-order valence-electron chi connectivity index (χ3n) is 10.6. The zero-order valence-corrected chi connectivity index (χ0v) is 62.7. The summed E-state index contributed by atoms with van der Waals surface area (Å²) in [6.07, 6.45) is 34.3. The Bertz CT molecular complexity index is 2500. The van der Waals surface area contributed by atoms with Crippen LogP contribution in [0, 0.1) is 47.4 Å². The van der Waals surface area contributed by atoms with E-state index in [-0.39, 0.29) is 46.3 Å². The maximum atomic E-state index is 10.8. The molecule has 1 rings (SSSR count). The van der Waals surface area contributed by atoms with Crippen molar-refractivity contribution in [3.63, 3.8) is 0 Å². The average molecular weight is 1360 g/mol. The van der Waals surface area contributed by atoms with Crippen molar-refractivity contribution < 1.29 is 85.7 Å². The first-order chi connectivity index (χ1) is 46.1. The van der Waals surface area contributed by atoms with Crippen LogP contribution in [0.3, 0.4) is 0 Å². The lowest BCUT2D eigenvalue weighted by molar-refractivity contribution is -0.114. The monoisotopic (exact) mass is 1360 g/mol. The number of hydrogen-bond acceptors (Lipinski definition) is 18. The highest BCUT2D eigenvalue weighted by Crippen LogP contribution is 2.19. The van der Waals surface area contributed by atoms with Crippen LogP contribution in [0.15, 0.2) is 145 Å². The molecule has 0 saturated carbocycles. The van der Waals surface area contributed by atoms with E-state index < -0.39 is 0 Å². The molecule has 0 spiro atoms. The van der Waals surface area contributed by atoms with Crippen LogP contribution in [0.4, 0.5) is 0 Å². The Kier molecular flexibility index (Phi) is 93.7. The minimum absolute atomic E-state index is 0.0186. The van der Waals surface area contributed by atoms with Gasteiger partial charge in [0.15, 0.2) is 34.7 Å². The van der Waals surface area contributed by atoms with Crippen molar-refractivity contribution in [1.82, 2.24) is 0 Å². The maximum Gasteiger partial charge on any atom is 0.202 e. The van der Waals surface area contributed by atoms with Gasteiger partial charge >= 0.3 is 0 Å². The second-order valence-corrected chi connectivity index (χ2v) is 20.3. The number of rotatable bonds is 35. The molecule has 97 heavy (non-hydrogen) atoms. The van der Waals surface area contributed by atoms with Crippen molar-refractivity contribution in [2.45, 2.75) is 115 Å². The van der Waals surface area contributed by atoms with Gasteiger partial charge in [0, 0.05) is 108 Å². The summed E-state index contributed by atoms with van der Waals surface area (Å²) >= 11 is 0. The van der Waals surface area contributed by atoms with Gasteiger partial charge in [0.2, 0.25) is 11.6 Å². The number of ketones is 8. The van der Waals surface area contributed by atoms with Gasteiger partial charge in [-0.05, 0) is 137 Å². The van der Waals surface area contributed by atoms with Gasteiger partial charge in [-0.15, -0.1) is 6.58 Å². The Morgan fingerprint density at radius 3 is 1.03 bits per heavy atom. The van der Waals surface area contributed by atoms with Crippen molar-refractivity contribution in [2.24, 2.45) is 11.8 Å². The fourth-order valence-corrected chi connectivity index (χ4v) is 5.84. The Morgan fingerprint density at radius 2 is 0.753 bits per heavy atom. The highest BCUT2D eigenvalue weighted by atomic mass is 16.5. The minimum Gasteiger partial charge on any atom is -0.384 e. The first-order valence-electron chi connectivity index (χ1n) is 31.1. The topological polar surface area (TPSA) is 229 Å². The first-order valence-corrected chi connectivity index (χ1v) is 31.1. The first kappa shape index (κ1) is 105. The average Bonchev–Trinajstić information content (AvgIpc) is 0.994. The Hall–Kier alpha value is -7.74. The second-order valence-electron chi connectivity index (χ2n) is 20.3. The third kappa shape index (κ3) is 107. The second kappa shape index (κ2) is 86.3. The SMILES string of the molecule is C=C(C)C(COC)C/C(C)=C\CC/C=C(\C)COC.C=CC(C/C=C\CC/C=C/COC)COC.CC(=O)/C=C/C(C)=O.CC(=O)/C=C\C(C)=O.CC(=O)C#CC(C)=O.CC(=O)c1ccc(C(C)=O)cc1.COC/C=C/C=C/COC.COCC#CCOC.COCC#CCOC. The Labute approximate surface area is 585 Å². The summed E-state index contributed by atoms with van der Waals surface area (Å²) in [6, 6.07) is 6.66. The van der Waals surface area contributed by atoms with Crippen molar-refractivity contribution in [1.29, 1.82) is 0 Å². The van der Waals surface area contributed by atoms with E-state index in [2.05, 4.69) is 119 Å². The Balaban J connectivity index is -0.000000156. The Morgan fingerprint density at radius 1 is 0.412 bits per heavy atom. The fourth-order valence-electron chi connectivity index (χ4n) is 5.84. The number of unbranched alkanes of at least 4 members (excludes halogenated alkanes) is 2. The largest absolute Gasteiger partial charge is 0.384 e. The predicted molar refractivity (Wildman–Crippen MR) is 395 cm³/mol. The molecule has 0 amide bonds. The van der Waals surface area contributed by atoms with Gasteiger partial charge in [0.05, 0.1) is 39.6 Å². The molecule has 0 saturated heterocycles. The summed E-state index contributed by atoms with van der Waals surface area (Å²) < 4.78 is 48.5. The summed E-state index contributed by atoms with van der Waals surface area (Å²) in [6.45, 7) is 31.7. The predicted octanol–water partition coefficient (Wildman–Crippen LogP) is 13.6. The number of methoxy groups -OCH3 is 10. The van der Waals surface area contributed by atoms with Crippen LogP contribution in [0.25, 0.3) is 0 Å². The van der Waals surface area contributed by atoms with Crippen LogP contribution in [0.5, 0.6) is 0 Å². The summed E-state index contributed by atoms with van der Waals surface area (Å²) in [5.41, 5.74) is 5.20. The van der Waals surface area contributed by atoms with E-state index in [4.69, 9.17) is 28.4 Å².